The number of anilines is 1. The standard InChI is InChI=1S/C19H30FN5O3Si/c1-18(2,3)29(20,19(4,5)6)15-10-22-16(8-14(15)28-7)21-9-13-11-25(24-23-13)12-17(26)27/h8,10-11H,9,12H2,1-7H3,(H,21,22)(H,26,27). The van der Waals surface area contributed by atoms with Crippen molar-refractivity contribution in [1.82, 2.24) is 20.0 Å². The SMILES string of the molecule is COc1cc(NCc2cn(CC(=O)O)nn2)ncc1[Si](F)(C(C)(C)C)C(C)(C)C. The molecular weight excluding hydrogens is 393 g/mol. The quantitative estimate of drug-likeness (QED) is 0.521. The zero-order valence-electron chi connectivity index (χ0n) is 18.1. The van der Waals surface area contributed by atoms with Gasteiger partial charge in [-0.25, -0.2) is 9.67 Å². The summed E-state index contributed by atoms with van der Waals surface area (Å²) in [7, 11) is -1.98. The van der Waals surface area contributed by atoms with Crippen LogP contribution in [0.5, 0.6) is 5.75 Å². The van der Waals surface area contributed by atoms with E-state index in [9.17, 15) is 4.79 Å². The van der Waals surface area contributed by atoms with Gasteiger partial charge < -0.3 is 19.3 Å². The lowest BCUT2D eigenvalue weighted by atomic mass is 10.2. The Morgan fingerprint density at radius 1 is 1.28 bits per heavy atom. The lowest BCUT2D eigenvalue weighted by Crippen LogP contribution is -2.58. The molecule has 29 heavy (non-hydrogen) atoms. The molecule has 2 aromatic rings. The van der Waals surface area contributed by atoms with Crippen molar-refractivity contribution in [2.24, 2.45) is 0 Å². The highest BCUT2D eigenvalue weighted by Gasteiger charge is 2.58. The molecule has 0 saturated heterocycles. The number of rotatable bonds is 7. The van der Waals surface area contributed by atoms with Crippen molar-refractivity contribution in [3.63, 3.8) is 0 Å². The minimum atomic E-state index is -3.51. The molecule has 0 aromatic carbocycles. The maximum atomic E-state index is 16.6. The van der Waals surface area contributed by atoms with E-state index in [-0.39, 0.29) is 6.54 Å². The Labute approximate surface area is 171 Å². The first kappa shape index (κ1) is 22.8. The van der Waals surface area contributed by atoms with Gasteiger partial charge in [0, 0.05) is 17.4 Å². The van der Waals surface area contributed by atoms with Gasteiger partial charge in [-0.05, 0) is 10.1 Å². The van der Waals surface area contributed by atoms with Crippen molar-refractivity contribution in [1.29, 1.82) is 0 Å². The topological polar surface area (TPSA) is 102 Å². The van der Waals surface area contributed by atoms with Crippen LogP contribution in [0.1, 0.15) is 47.2 Å². The highest BCUT2D eigenvalue weighted by Crippen LogP contribution is 2.52. The van der Waals surface area contributed by atoms with E-state index in [1.807, 2.05) is 41.5 Å². The summed E-state index contributed by atoms with van der Waals surface area (Å²) in [4.78, 5) is 15.1. The third-order valence-electron chi connectivity index (χ3n) is 4.86. The van der Waals surface area contributed by atoms with Crippen LogP contribution in [0.15, 0.2) is 18.5 Å². The van der Waals surface area contributed by atoms with E-state index in [0.29, 0.717) is 29.0 Å². The molecule has 0 amide bonds. The zero-order valence-corrected chi connectivity index (χ0v) is 19.1. The Bertz CT molecular complexity index is 859. The van der Waals surface area contributed by atoms with E-state index < -0.39 is 24.5 Å². The van der Waals surface area contributed by atoms with Gasteiger partial charge in [0.15, 0.2) is 0 Å². The van der Waals surface area contributed by atoms with Crippen LogP contribution in [0.4, 0.5) is 9.93 Å². The molecule has 0 atom stereocenters. The number of nitrogens with zero attached hydrogens (tertiary/aromatic N) is 4. The third-order valence-corrected chi connectivity index (χ3v) is 10.1. The van der Waals surface area contributed by atoms with E-state index in [2.05, 4.69) is 20.6 Å². The summed E-state index contributed by atoms with van der Waals surface area (Å²) >= 11 is 0. The van der Waals surface area contributed by atoms with Crippen molar-refractivity contribution < 1.29 is 18.7 Å². The number of halogens is 1. The molecule has 0 spiro atoms. The average Bonchev–Trinajstić information content (AvgIpc) is 3.03. The fourth-order valence-electron chi connectivity index (χ4n) is 3.71. The number of carboxylic acid groups (broad SMARTS) is 1. The van der Waals surface area contributed by atoms with Crippen molar-refractivity contribution >= 4 is 25.4 Å². The second-order valence-electron chi connectivity index (χ2n) is 9.08. The Morgan fingerprint density at radius 3 is 2.41 bits per heavy atom. The highest BCUT2D eigenvalue weighted by atomic mass is 28.4. The summed E-state index contributed by atoms with van der Waals surface area (Å²) in [5, 5.41) is 19.0. The predicted octanol–water partition coefficient (Wildman–Crippen LogP) is 3.10. The molecule has 2 rings (SSSR count). The smallest absolute Gasteiger partial charge is 0.325 e. The Balaban J connectivity index is 2.28. The van der Waals surface area contributed by atoms with Crippen molar-refractivity contribution in [2.75, 3.05) is 12.4 Å². The zero-order chi connectivity index (χ0) is 22.0. The molecule has 0 fully saturated rings. The summed E-state index contributed by atoms with van der Waals surface area (Å²) in [6.45, 7) is 11.6. The van der Waals surface area contributed by atoms with Gasteiger partial charge in [0.2, 0.25) is 0 Å². The lowest BCUT2D eigenvalue weighted by Gasteiger charge is -2.45. The maximum absolute atomic E-state index is 16.6. The van der Waals surface area contributed by atoms with Crippen molar-refractivity contribution in [2.45, 2.75) is 64.7 Å². The first-order valence-corrected chi connectivity index (χ1v) is 11.3. The molecule has 2 N–H and O–H groups in total. The molecule has 0 aliphatic heterocycles. The number of carboxylic acids is 1. The molecule has 0 aliphatic carbocycles. The average molecular weight is 424 g/mol. The molecule has 160 valence electrons. The number of aromatic nitrogens is 4. The number of aliphatic carboxylic acids is 1. The van der Waals surface area contributed by atoms with Crippen LogP contribution in [0.25, 0.3) is 0 Å². The Hall–Kier alpha value is -2.49. The van der Waals surface area contributed by atoms with Gasteiger partial charge in [-0.15, -0.1) is 5.10 Å². The Morgan fingerprint density at radius 2 is 1.90 bits per heavy atom. The van der Waals surface area contributed by atoms with Crippen LogP contribution in [0.2, 0.25) is 10.1 Å². The normalized spacial score (nSPS) is 12.7. The second-order valence-corrected chi connectivity index (χ2v) is 13.9. The monoisotopic (exact) mass is 423 g/mol. The van der Waals surface area contributed by atoms with Gasteiger partial charge in [-0.1, -0.05) is 46.8 Å². The minimum Gasteiger partial charge on any atom is -0.497 e. The Kier molecular flexibility index (Phi) is 6.36. The predicted molar refractivity (Wildman–Crippen MR) is 112 cm³/mol. The molecule has 0 bridgehead atoms. The fraction of sp³-hybridized carbons (Fsp3) is 0.579. The molecular formula is C19H30FN5O3Si. The van der Waals surface area contributed by atoms with Gasteiger partial charge >= 0.3 is 5.97 Å². The molecule has 0 saturated carbocycles. The van der Waals surface area contributed by atoms with E-state index in [4.69, 9.17) is 9.84 Å². The van der Waals surface area contributed by atoms with Gasteiger partial charge in [0.05, 0.1) is 19.9 Å². The summed E-state index contributed by atoms with van der Waals surface area (Å²) in [5.41, 5.74) is 0.565. The molecule has 0 unspecified atom stereocenters. The van der Waals surface area contributed by atoms with Gasteiger partial charge in [-0.3, -0.25) is 4.79 Å². The van der Waals surface area contributed by atoms with Crippen LogP contribution in [0.3, 0.4) is 0 Å². The van der Waals surface area contributed by atoms with Crippen LogP contribution in [-0.2, 0) is 17.9 Å². The second kappa shape index (κ2) is 8.09. The summed E-state index contributed by atoms with van der Waals surface area (Å²) < 4.78 is 23.4. The number of carbonyl (C=O) groups is 1. The molecule has 0 aliphatic rings. The van der Waals surface area contributed by atoms with Crippen LogP contribution in [0, 0.1) is 0 Å². The van der Waals surface area contributed by atoms with E-state index in [1.54, 1.807) is 18.5 Å². The van der Waals surface area contributed by atoms with Crippen molar-refractivity contribution in [3.05, 3.63) is 24.2 Å². The molecule has 0 radical (unpaired) electrons. The molecule has 10 heteroatoms. The number of hydrogen-bond donors (Lipinski definition) is 2. The largest absolute Gasteiger partial charge is 0.497 e. The third kappa shape index (κ3) is 4.74. The number of methoxy groups -OCH3 is 1. The lowest BCUT2D eigenvalue weighted by molar-refractivity contribution is -0.137. The van der Waals surface area contributed by atoms with E-state index >= 15 is 4.11 Å². The molecule has 2 aromatic heterocycles. The fourth-order valence-corrected chi connectivity index (χ4v) is 8.33. The summed E-state index contributed by atoms with van der Waals surface area (Å²) in [6, 6.07) is 1.69. The molecule has 8 nitrogen and oxygen atoms in total. The minimum absolute atomic E-state index is 0.253. The van der Waals surface area contributed by atoms with E-state index in [0.717, 1.165) is 0 Å². The van der Waals surface area contributed by atoms with Gasteiger partial charge in [-0.2, -0.15) is 0 Å². The number of ether oxygens (including phenoxy) is 1. The first-order valence-electron chi connectivity index (χ1n) is 9.37. The maximum Gasteiger partial charge on any atom is 0.325 e. The summed E-state index contributed by atoms with van der Waals surface area (Å²) in [6.07, 6.45) is 3.12. The first-order chi connectivity index (χ1) is 13.3. The number of hydrogen-bond acceptors (Lipinski definition) is 6. The van der Waals surface area contributed by atoms with Gasteiger partial charge in [0.1, 0.15) is 23.8 Å². The molecule has 2 heterocycles. The number of nitrogens with one attached hydrogen (secondary N) is 1. The van der Waals surface area contributed by atoms with Crippen LogP contribution < -0.4 is 15.2 Å². The van der Waals surface area contributed by atoms with E-state index in [1.165, 1.54) is 11.8 Å². The summed E-state index contributed by atoms with van der Waals surface area (Å²) in [5.74, 6) is -0.0124. The number of pyridine rings is 1. The van der Waals surface area contributed by atoms with Gasteiger partial charge in [0.25, 0.3) is 8.41 Å². The highest BCUT2D eigenvalue weighted by molar-refractivity contribution is 6.91. The van der Waals surface area contributed by atoms with Crippen LogP contribution >= 0.6 is 0 Å². The van der Waals surface area contributed by atoms with Crippen molar-refractivity contribution in [3.8, 4) is 5.75 Å². The van der Waals surface area contributed by atoms with Crippen LogP contribution in [-0.4, -0.2) is 46.6 Å².